The Morgan fingerprint density at radius 1 is 1.62 bits per heavy atom. The highest BCUT2D eigenvalue weighted by Crippen LogP contribution is 2.10. The van der Waals surface area contributed by atoms with Crippen LogP contribution in [0.1, 0.15) is 17.5 Å². The van der Waals surface area contributed by atoms with Gasteiger partial charge in [-0.1, -0.05) is 11.3 Å². The summed E-state index contributed by atoms with van der Waals surface area (Å²) in [6, 6.07) is 2.12. The van der Waals surface area contributed by atoms with Gasteiger partial charge in [-0.3, -0.25) is 4.79 Å². The van der Waals surface area contributed by atoms with Crippen molar-refractivity contribution in [2.45, 2.75) is 27.3 Å². The van der Waals surface area contributed by atoms with Crippen LogP contribution in [-0.4, -0.2) is 4.57 Å². The molecule has 0 N–H and O–H groups in total. The van der Waals surface area contributed by atoms with Gasteiger partial charge in [0.25, 0.3) is 0 Å². The van der Waals surface area contributed by atoms with E-state index in [1.807, 2.05) is 20.8 Å². The van der Waals surface area contributed by atoms with E-state index < -0.39 is 0 Å². The molecular weight excluding hydrogens is 184 g/mol. The Hall–Kier alpha value is -1.08. The molecule has 0 spiro atoms. The van der Waals surface area contributed by atoms with Gasteiger partial charge in [0.2, 0.25) is 0 Å². The SMILES string of the molecule is Cc1sc(=O)n(CC(C)C#N)c1C. The fraction of sp³-hybridized carbons (Fsp3) is 0.556. The second-order valence-electron chi connectivity index (χ2n) is 3.15. The molecule has 3 nitrogen and oxygen atoms in total. The topological polar surface area (TPSA) is 45.8 Å². The third kappa shape index (κ3) is 1.99. The maximum absolute atomic E-state index is 11.4. The van der Waals surface area contributed by atoms with Crippen molar-refractivity contribution >= 4 is 11.3 Å². The van der Waals surface area contributed by atoms with Gasteiger partial charge in [0.15, 0.2) is 0 Å². The summed E-state index contributed by atoms with van der Waals surface area (Å²) in [5.41, 5.74) is 0.983. The molecule has 4 heteroatoms. The highest BCUT2D eigenvalue weighted by Gasteiger charge is 2.09. The number of aryl methyl sites for hydroxylation is 1. The molecule has 1 unspecified atom stereocenters. The van der Waals surface area contributed by atoms with Crippen LogP contribution in [0.5, 0.6) is 0 Å². The van der Waals surface area contributed by atoms with Crippen LogP contribution >= 0.6 is 11.3 Å². The van der Waals surface area contributed by atoms with E-state index in [1.165, 1.54) is 11.3 Å². The van der Waals surface area contributed by atoms with E-state index in [9.17, 15) is 4.79 Å². The Labute approximate surface area is 81.2 Å². The van der Waals surface area contributed by atoms with Gasteiger partial charge in [0.05, 0.1) is 12.0 Å². The first-order valence-electron chi connectivity index (χ1n) is 4.12. The number of nitriles is 1. The molecular formula is C9H12N2OS. The molecule has 0 aromatic carbocycles. The Bertz CT molecular complexity index is 397. The highest BCUT2D eigenvalue weighted by atomic mass is 32.1. The van der Waals surface area contributed by atoms with E-state index in [-0.39, 0.29) is 10.8 Å². The van der Waals surface area contributed by atoms with Gasteiger partial charge in [-0.15, -0.1) is 0 Å². The lowest BCUT2D eigenvalue weighted by Crippen LogP contribution is -2.18. The van der Waals surface area contributed by atoms with Crippen LogP contribution in [0.4, 0.5) is 0 Å². The van der Waals surface area contributed by atoms with Crippen molar-refractivity contribution in [3.8, 4) is 6.07 Å². The fourth-order valence-corrected chi connectivity index (χ4v) is 1.95. The van der Waals surface area contributed by atoms with E-state index in [1.54, 1.807) is 4.57 Å². The molecule has 0 aliphatic heterocycles. The number of thiazole rings is 1. The van der Waals surface area contributed by atoms with E-state index in [0.29, 0.717) is 6.54 Å². The maximum Gasteiger partial charge on any atom is 0.307 e. The van der Waals surface area contributed by atoms with Gasteiger partial charge in [-0.25, -0.2) is 0 Å². The number of nitrogens with zero attached hydrogens (tertiary/aromatic N) is 2. The molecule has 70 valence electrons. The molecule has 0 aliphatic carbocycles. The lowest BCUT2D eigenvalue weighted by molar-refractivity contribution is 0.561. The third-order valence-corrected chi connectivity index (χ3v) is 3.05. The molecule has 0 saturated heterocycles. The van der Waals surface area contributed by atoms with Crippen LogP contribution in [0.15, 0.2) is 4.79 Å². The summed E-state index contributed by atoms with van der Waals surface area (Å²) in [4.78, 5) is 12.5. The molecule has 13 heavy (non-hydrogen) atoms. The number of hydrogen-bond acceptors (Lipinski definition) is 3. The second-order valence-corrected chi connectivity index (χ2v) is 4.32. The highest BCUT2D eigenvalue weighted by molar-refractivity contribution is 7.09. The van der Waals surface area contributed by atoms with E-state index in [0.717, 1.165) is 10.6 Å². The zero-order valence-corrected chi connectivity index (χ0v) is 8.81. The van der Waals surface area contributed by atoms with Gasteiger partial charge >= 0.3 is 4.87 Å². The third-order valence-electron chi connectivity index (χ3n) is 2.05. The molecule has 0 aliphatic rings. The minimum atomic E-state index is -0.106. The average Bonchev–Trinajstić information content (AvgIpc) is 2.32. The van der Waals surface area contributed by atoms with Gasteiger partial charge in [-0.2, -0.15) is 5.26 Å². The fourth-order valence-electron chi connectivity index (χ4n) is 1.11. The number of hydrogen-bond donors (Lipinski definition) is 0. The van der Waals surface area contributed by atoms with Crippen molar-refractivity contribution in [2.24, 2.45) is 5.92 Å². The maximum atomic E-state index is 11.4. The molecule has 1 aromatic rings. The van der Waals surface area contributed by atoms with Crippen LogP contribution in [0.25, 0.3) is 0 Å². The smallest absolute Gasteiger partial charge is 0.302 e. The Balaban J connectivity index is 3.02. The first kappa shape index (κ1) is 10.0. The van der Waals surface area contributed by atoms with Gasteiger partial charge in [-0.05, 0) is 20.8 Å². The minimum Gasteiger partial charge on any atom is -0.302 e. The molecule has 1 aromatic heterocycles. The predicted octanol–water partition coefficient (Wildman–Crippen LogP) is 1.69. The zero-order chi connectivity index (χ0) is 10.0. The van der Waals surface area contributed by atoms with Crippen LogP contribution in [-0.2, 0) is 6.54 Å². The van der Waals surface area contributed by atoms with Crippen LogP contribution in [0.3, 0.4) is 0 Å². The molecule has 0 fully saturated rings. The van der Waals surface area contributed by atoms with E-state index >= 15 is 0 Å². The monoisotopic (exact) mass is 196 g/mol. The number of rotatable bonds is 2. The summed E-state index contributed by atoms with van der Waals surface area (Å²) in [5, 5.41) is 8.62. The van der Waals surface area contributed by atoms with Crippen LogP contribution in [0, 0.1) is 31.1 Å². The molecule has 1 heterocycles. The van der Waals surface area contributed by atoms with Crippen molar-refractivity contribution in [3.63, 3.8) is 0 Å². The second kappa shape index (κ2) is 3.75. The van der Waals surface area contributed by atoms with Crippen molar-refractivity contribution < 1.29 is 0 Å². The first-order chi connectivity index (χ1) is 6.06. The van der Waals surface area contributed by atoms with Gasteiger partial charge in [0.1, 0.15) is 0 Å². The summed E-state index contributed by atoms with van der Waals surface area (Å²) < 4.78 is 1.67. The summed E-state index contributed by atoms with van der Waals surface area (Å²) >= 11 is 1.25. The van der Waals surface area contributed by atoms with Gasteiger partial charge < -0.3 is 4.57 Å². The predicted molar refractivity (Wildman–Crippen MR) is 52.8 cm³/mol. The summed E-state index contributed by atoms with van der Waals surface area (Å²) in [5.74, 6) is -0.106. The van der Waals surface area contributed by atoms with E-state index in [4.69, 9.17) is 5.26 Å². The molecule has 1 rings (SSSR count). The number of aromatic nitrogens is 1. The normalized spacial score (nSPS) is 12.5. The largest absolute Gasteiger partial charge is 0.307 e. The average molecular weight is 196 g/mol. The van der Waals surface area contributed by atoms with Crippen LogP contribution < -0.4 is 4.87 Å². The summed E-state index contributed by atoms with van der Waals surface area (Å²) in [6.07, 6.45) is 0. The van der Waals surface area contributed by atoms with Crippen molar-refractivity contribution in [2.75, 3.05) is 0 Å². The Morgan fingerprint density at radius 3 is 2.62 bits per heavy atom. The molecule has 0 bridgehead atoms. The summed E-state index contributed by atoms with van der Waals surface area (Å²) in [6.45, 7) is 6.16. The molecule has 0 amide bonds. The minimum absolute atomic E-state index is 0.0390. The van der Waals surface area contributed by atoms with Crippen molar-refractivity contribution in [3.05, 3.63) is 20.2 Å². The van der Waals surface area contributed by atoms with Crippen molar-refractivity contribution in [1.82, 2.24) is 4.57 Å². The quantitative estimate of drug-likeness (QED) is 0.722. The Kier molecular flexibility index (Phi) is 2.89. The first-order valence-corrected chi connectivity index (χ1v) is 4.94. The van der Waals surface area contributed by atoms with Crippen molar-refractivity contribution in [1.29, 1.82) is 5.26 Å². The molecule has 1 atom stereocenters. The lowest BCUT2D eigenvalue weighted by Gasteiger charge is -2.05. The molecule has 0 saturated carbocycles. The van der Waals surface area contributed by atoms with Crippen LogP contribution in [0.2, 0.25) is 0 Å². The zero-order valence-electron chi connectivity index (χ0n) is 8.00. The summed E-state index contributed by atoms with van der Waals surface area (Å²) in [7, 11) is 0. The lowest BCUT2D eigenvalue weighted by atomic mass is 10.2. The standard InChI is InChI=1S/C9H12N2OS/c1-6(4-10)5-11-7(2)8(3)13-9(11)12/h6H,5H2,1-3H3. The molecule has 0 radical (unpaired) electrons. The Morgan fingerprint density at radius 2 is 2.23 bits per heavy atom. The van der Waals surface area contributed by atoms with Gasteiger partial charge in [0, 0.05) is 17.1 Å². The van der Waals surface area contributed by atoms with E-state index in [2.05, 4.69) is 6.07 Å².